The van der Waals surface area contributed by atoms with Gasteiger partial charge < -0.3 is 5.32 Å². The van der Waals surface area contributed by atoms with Crippen LogP contribution >= 0.6 is 12.8 Å². The van der Waals surface area contributed by atoms with Crippen LogP contribution in [-0.4, -0.2) is 30.5 Å². The van der Waals surface area contributed by atoms with E-state index in [0.29, 0.717) is 0 Å². The van der Waals surface area contributed by atoms with Crippen molar-refractivity contribution in [2.75, 3.05) is 26.2 Å². The SMILES string of the molecule is CC(C)C.SN1CCNCC1. The average Bonchev–Trinajstić information content (AvgIpc) is 1.87. The molecule has 0 bridgehead atoms. The van der Waals surface area contributed by atoms with Gasteiger partial charge in [0.1, 0.15) is 0 Å². The maximum atomic E-state index is 4.15. The Balaban J connectivity index is 0.000000218. The van der Waals surface area contributed by atoms with Crippen LogP contribution in [0.5, 0.6) is 0 Å². The van der Waals surface area contributed by atoms with E-state index in [1.165, 1.54) is 0 Å². The molecular formula is C8H20N2S. The lowest BCUT2D eigenvalue weighted by Crippen LogP contribution is -2.38. The molecule has 0 radical (unpaired) electrons. The molecule has 1 aliphatic heterocycles. The van der Waals surface area contributed by atoms with Crippen molar-refractivity contribution in [1.29, 1.82) is 0 Å². The lowest BCUT2D eigenvalue weighted by Gasteiger charge is -2.20. The molecular weight excluding hydrogens is 156 g/mol. The van der Waals surface area contributed by atoms with Crippen LogP contribution in [0.2, 0.25) is 0 Å². The Bertz CT molecular complexity index is 77.4. The lowest BCUT2D eigenvalue weighted by atomic mass is 10.3. The quantitative estimate of drug-likeness (QED) is 0.542. The predicted molar refractivity (Wildman–Crippen MR) is 53.9 cm³/mol. The number of piperazine rings is 1. The van der Waals surface area contributed by atoms with Crippen LogP contribution in [-0.2, 0) is 0 Å². The molecule has 1 rings (SSSR count). The first kappa shape index (κ1) is 11.3. The lowest BCUT2D eigenvalue weighted by molar-refractivity contribution is 0.400. The molecule has 3 heteroatoms. The molecule has 11 heavy (non-hydrogen) atoms. The van der Waals surface area contributed by atoms with E-state index < -0.39 is 0 Å². The van der Waals surface area contributed by atoms with Gasteiger partial charge in [0.15, 0.2) is 0 Å². The van der Waals surface area contributed by atoms with E-state index in [4.69, 9.17) is 0 Å². The van der Waals surface area contributed by atoms with Gasteiger partial charge in [-0.15, -0.1) is 0 Å². The van der Waals surface area contributed by atoms with Gasteiger partial charge in [-0.25, -0.2) is 0 Å². The zero-order valence-electron chi connectivity index (χ0n) is 7.80. The molecule has 0 aliphatic carbocycles. The third-order valence-corrected chi connectivity index (χ3v) is 1.49. The summed E-state index contributed by atoms with van der Waals surface area (Å²) in [6.07, 6.45) is 0. The molecule has 1 saturated heterocycles. The number of hydrogen-bond donors (Lipinski definition) is 2. The average molecular weight is 176 g/mol. The molecule has 1 N–H and O–H groups in total. The second-order valence-corrected chi connectivity index (χ2v) is 4.00. The Morgan fingerprint density at radius 2 is 1.55 bits per heavy atom. The molecule has 68 valence electrons. The molecule has 0 aromatic rings. The van der Waals surface area contributed by atoms with E-state index in [1.54, 1.807) is 0 Å². The maximum absolute atomic E-state index is 4.15. The highest BCUT2D eigenvalue weighted by atomic mass is 32.1. The smallest absolute Gasteiger partial charge is 0.0213 e. The van der Waals surface area contributed by atoms with Gasteiger partial charge in [-0.3, -0.25) is 4.31 Å². The van der Waals surface area contributed by atoms with Gasteiger partial charge in [0.2, 0.25) is 0 Å². The molecule has 1 aliphatic rings. The van der Waals surface area contributed by atoms with E-state index in [0.717, 1.165) is 32.1 Å². The fourth-order valence-electron chi connectivity index (χ4n) is 0.653. The summed E-state index contributed by atoms with van der Waals surface area (Å²) in [6, 6.07) is 0. The van der Waals surface area contributed by atoms with Gasteiger partial charge in [0, 0.05) is 26.2 Å². The molecule has 0 unspecified atom stereocenters. The summed E-state index contributed by atoms with van der Waals surface area (Å²) >= 11 is 4.15. The summed E-state index contributed by atoms with van der Waals surface area (Å²) in [5.74, 6) is 0.833. The van der Waals surface area contributed by atoms with Gasteiger partial charge >= 0.3 is 0 Å². The Hall–Kier alpha value is 0.270. The minimum absolute atomic E-state index is 0.833. The first-order chi connectivity index (χ1) is 5.13. The second-order valence-electron chi connectivity index (χ2n) is 3.44. The van der Waals surface area contributed by atoms with E-state index in [1.807, 2.05) is 4.31 Å². The normalized spacial score (nSPS) is 19.4. The fourth-order valence-corrected chi connectivity index (χ4v) is 0.853. The van der Waals surface area contributed by atoms with Gasteiger partial charge in [-0.05, 0) is 5.92 Å². The Morgan fingerprint density at radius 1 is 1.18 bits per heavy atom. The van der Waals surface area contributed by atoms with Crippen molar-refractivity contribution in [3.63, 3.8) is 0 Å². The first-order valence-corrected chi connectivity index (χ1v) is 4.67. The Labute approximate surface area is 75.9 Å². The van der Waals surface area contributed by atoms with E-state index in [9.17, 15) is 0 Å². The monoisotopic (exact) mass is 176 g/mol. The highest BCUT2D eigenvalue weighted by Crippen LogP contribution is 1.92. The predicted octanol–water partition coefficient (Wildman–Crippen LogP) is 1.40. The zero-order chi connectivity index (χ0) is 8.69. The van der Waals surface area contributed by atoms with Crippen LogP contribution in [0.1, 0.15) is 20.8 Å². The highest BCUT2D eigenvalue weighted by Gasteiger charge is 2.02. The van der Waals surface area contributed by atoms with Crippen molar-refractivity contribution >= 4 is 12.8 Å². The molecule has 0 saturated carbocycles. The van der Waals surface area contributed by atoms with Gasteiger partial charge in [-0.2, -0.15) is 0 Å². The fraction of sp³-hybridized carbons (Fsp3) is 1.00. The van der Waals surface area contributed by atoms with Crippen LogP contribution in [0.25, 0.3) is 0 Å². The third-order valence-electron chi connectivity index (χ3n) is 1.09. The molecule has 0 spiro atoms. The number of thiol groups is 1. The summed E-state index contributed by atoms with van der Waals surface area (Å²) in [4.78, 5) is 0. The summed E-state index contributed by atoms with van der Waals surface area (Å²) in [7, 11) is 0. The summed E-state index contributed by atoms with van der Waals surface area (Å²) in [6.45, 7) is 10.8. The van der Waals surface area contributed by atoms with Crippen molar-refractivity contribution in [2.24, 2.45) is 5.92 Å². The minimum Gasteiger partial charge on any atom is -0.314 e. The van der Waals surface area contributed by atoms with Crippen molar-refractivity contribution in [3.05, 3.63) is 0 Å². The molecule has 0 aromatic heterocycles. The second kappa shape index (κ2) is 6.95. The minimum atomic E-state index is 0.833. The van der Waals surface area contributed by atoms with Gasteiger partial charge in [-0.1, -0.05) is 33.6 Å². The zero-order valence-corrected chi connectivity index (χ0v) is 8.69. The van der Waals surface area contributed by atoms with Crippen LogP contribution < -0.4 is 5.32 Å². The topological polar surface area (TPSA) is 15.3 Å². The number of nitrogens with zero attached hydrogens (tertiary/aromatic N) is 1. The summed E-state index contributed by atoms with van der Waals surface area (Å²) in [5, 5.41) is 3.22. The van der Waals surface area contributed by atoms with Crippen molar-refractivity contribution in [1.82, 2.24) is 9.62 Å². The Morgan fingerprint density at radius 3 is 1.73 bits per heavy atom. The third kappa shape index (κ3) is 10.3. The first-order valence-electron chi connectivity index (χ1n) is 4.27. The van der Waals surface area contributed by atoms with Crippen LogP contribution in [0.3, 0.4) is 0 Å². The van der Waals surface area contributed by atoms with Gasteiger partial charge in [0.05, 0.1) is 0 Å². The highest BCUT2D eigenvalue weighted by molar-refractivity contribution is 7.77. The Kier molecular flexibility index (Phi) is 7.12. The van der Waals surface area contributed by atoms with E-state index in [-0.39, 0.29) is 0 Å². The molecule has 0 atom stereocenters. The number of nitrogens with one attached hydrogen (secondary N) is 1. The summed E-state index contributed by atoms with van der Waals surface area (Å²) in [5.41, 5.74) is 0. The standard InChI is InChI=1S/C4H10N2S.C4H10/c7-6-3-1-5-2-4-6;1-4(2)3/h5,7H,1-4H2;4H,1-3H3. The van der Waals surface area contributed by atoms with E-state index in [2.05, 4.69) is 38.9 Å². The molecule has 2 nitrogen and oxygen atoms in total. The molecule has 0 amide bonds. The van der Waals surface area contributed by atoms with Crippen LogP contribution in [0.4, 0.5) is 0 Å². The van der Waals surface area contributed by atoms with E-state index >= 15 is 0 Å². The largest absolute Gasteiger partial charge is 0.314 e. The van der Waals surface area contributed by atoms with Crippen LogP contribution in [0, 0.1) is 5.92 Å². The van der Waals surface area contributed by atoms with Crippen molar-refractivity contribution < 1.29 is 0 Å². The van der Waals surface area contributed by atoms with Crippen LogP contribution in [0.15, 0.2) is 0 Å². The maximum Gasteiger partial charge on any atom is 0.0213 e. The van der Waals surface area contributed by atoms with Gasteiger partial charge in [0.25, 0.3) is 0 Å². The van der Waals surface area contributed by atoms with Crippen molar-refractivity contribution in [3.8, 4) is 0 Å². The number of hydrogen-bond acceptors (Lipinski definition) is 3. The molecule has 1 fully saturated rings. The molecule has 0 aromatic carbocycles. The molecule has 1 heterocycles. The number of rotatable bonds is 0. The summed E-state index contributed by atoms with van der Waals surface area (Å²) < 4.78 is 2.02. The van der Waals surface area contributed by atoms with Crippen molar-refractivity contribution in [2.45, 2.75) is 20.8 Å².